The van der Waals surface area contributed by atoms with Crippen LogP contribution in [0, 0.1) is 0 Å². The third kappa shape index (κ3) is 7.30. The normalized spacial score (nSPS) is 11.6. The summed E-state index contributed by atoms with van der Waals surface area (Å²) >= 11 is 0. The van der Waals surface area contributed by atoms with Crippen LogP contribution in [0.4, 0.5) is 10.5 Å². The van der Waals surface area contributed by atoms with Crippen molar-refractivity contribution < 1.29 is 14.3 Å². The van der Waals surface area contributed by atoms with Crippen LogP contribution < -0.4 is 16.0 Å². The molecule has 0 aromatic carbocycles. The van der Waals surface area contributed by atoms with E-state index in [9.17, 15) is 9.59 Å². The number of pyridine rings is 1. The molecule has 1 heterocycles. The Bertz CT molecular complexity index is 579. The average Bonchev–Trinajstić information content (AvgIpc) is 2.44. The fraction of sp³-hybridized carbons (Fsp3) is 0.588. The van der Waals surface area contributed by atoms with Gasteiger partial charge in [0.1, 0.15) is 11.3 Å². The molecular formula is C17H28N4O3. The van der Waals surface area contributed by atoms with Crippen LogP contribution in [0.15, 0.2) is 18.3 Å². The average molecular weight is 336 g/mol. The summed E-state index contributed by atoms with van der Waals surface area (Å²) in [6, 6.07) is 3.47. The molecule has 0 saturated carbocycles. The Morgan fingerprint density at radius 3 is 2.46 bits per heavy atom. The summed E-state index contributed by atoms with van der Waals surface area (Å²) in [6.45, 7) is 9.61. The van der Waals surface area contributed by atoms with Crippen molar-refractivity contribution in [2.24, 2.45) is 0 Å². The summed E-state index contributed by atoms with van der Waals surface area (Å²) in [5.74, 6) is -0.255. The fourth-order valence-electron chi connectivity index (χ4n) is 1.94. The Hall–Kier alpha value is -2.31. The molecule has 0 aliphatic heterocycles. The molecule has 0 spiro atoms. The highest BCUT2D eigenvalue weighted by atomic mass is 16.6. The van der Waals surface area contributed by atoms with Crippen molar-refractivity contribution in [3.8, 4) is 0 Å². The van der Waals surface area contributed by atoms with Gasteiger partial charge >= 0.3 is 6.09 Å². The van der Waals surface area contributed by atoms with Crippen molar-refractivity contribution in [3.63, 3.8) is 0 Å². The van der Waals surface area contributed by atoms with Crippen molar-refractivity contribution in [1.29, 1.82) is 0 Å². The van der Waals surface area contributed by atoms with E-state index in [0.717, 1.165) is 5.69 Å². The van der Waals surface area contributed by atoms with Crippen molar-refractivity contribution in [2.45, 2.75) is 52.2 Å². The summed E-state index contributed by atoms with van der Waals surface area (Å²) < 4.78 is 5.17. The predicted molar refractivity (Wildman–Crippen MR) is 94.2 cm³/mol. The zero-order valence-electron chi connectivity index (χ0n) is 15.3. The first-order valence-electron chi connectivity index (χ1n) is 7.95. The number of anilines is 1. The lowest BCUT2D eigenvalue weighted by molar-refractivity contribution is 0.0524. The molecule has 0 aliphatic rings. The number of carbonyl (C=O) groups is 2. The molecule has 0 bridgehead atoms. The highest BCUT2D eigenvalue weighted by molar-refractivity contribution is 5.93. The van der Waals surface area contributed by atoms with Gasteiger partial charge in [0, 0.05) is 31.0 Å². The Morgan fingerprint density at radius 1 is 1.21 bits per heavy atom. The molecule has 24 heavy (non-hydrogen) atoms. The molecule has 134 valence electrons. The number of ether oxygens (including phenoxy) is 1. The molecule has 1 aromatic rings. The van der Waals surface area contributed by atoms with E-state index in [1.165, 1.54) is 0 Å². The minimum atomic E-state index is -0.530. The van der Waals surface area contributed by atoms with Gasteiger partial charge < -0.3 is 20.7 Å². The number of amides is 2. The van der Waals surface area contributed by atoms with Crippen molar-refractivity contribution >= 4 is 17.7 Å². The summed E-state index contributed by atoms with van der Waals surface area (Å²) in [4.78, 5) is 28.0. The first-order valence-corrected chi connectivity index (χ1v) is 7.95. The number of alkyl carbamates (subject to hydrolysis) is 1. The van der Waals surface area contributed by atoms with Gasteiger partial charge in [0.2, 0.25) is 0 Å². The monoisotopic (exact) mass is 336 g/mol. The van der Waals surface area contributed by atoms with Gasteiger partial charge in [-0.3, -0.25) is 9.78 Å². The highest BCUT2D eigenvalue weighted by Gasteiger charge is 2.23. The Balaban J connectivity index is 2.50. The molecule has 7 nitrogen and oxygen atoms in total. The third-order valence-corrected chi connectivity index (χ3v) is 3.15. The van der Waals surface area contributed by atoms with Crippen LogP contribution in [0.5, 0.6) is 0 Å². The molecule has 0 fully saturated rings. The second kappa shape index (κ2) is 7.99. The molecule has 0 saturated heterocycles. The molecule has 1 rings (SSSR count). The van der Waals surface area contributed by atoms with Gasteiger partial charge in [0.15, 0.2) is 0 Å². The predicted octanol–water partition coefficient (Wildman–Crippen LogP) is 2.55. The van der Waals surface area contributed by atoms with Gasteiger partial charge in [-0.15, -0.1) is 0 Å². The number of rotatable bonds is 6. The van der Waals surface area contributed by atoms with Crippen LogP contribution in [0.25, 0.3) is 0 Å². The fourth-order valence-corrected chi connectivity index (χ4v) is 1.94. The molecule has 1 aromatic heterocycles. The second-order valence-electron chi connectivity index (χ2n) is 7.20. The Kier molecular flexibility index (Phi) is 6.57. The molecule has 0 aliphatic carbocycles. The smallest absolute Gasteiger partial charge is 0.407 e. The molecule has 2 amide bonds. The highest BCUT2D eigenvalue weighted by Crippen LogP contribution is 2.12. The number of nitrogens with zero attached hydrogens (tertiary/aromatic N) is 1. The zero-order chi connectivity index (χ0) is 18.4. The number of carbonyl (C=O) groups excluding carboxylic acids is 2. The maximum atomic E-state index is 12.3. The quantitative estimate of drug-likeness (QED) is 0.742. The van der Waals surface area contributed by atoms with E-state index < -0.39 is 17.2 Å². The summed E-state index contributed by atoms with van der Waals surface area (Å²) in [5, 5.41) is 8.58. The van der Waals surface area contributed by atoms with Crippen LogP contribution in [0.2, 0.25) is 0 Å². The van der Waals surface area contributed by atoms with Crippen molar-refractivity contribution in [2.75, 3.05) is 18.9 Å². The van der Waals surface area contributed by atoms with E-state index in [4.69, 9.17) is 4.74 Å². The molecular weight excluding hydrogens is 308 g/mol. The lowest BCUT2D eigenvalue weighted by Crippen LogP contribution is -2.46. The van der Waals surface area contributed by atoms with Gasteiger partial charge in [-0.05, 0) is 53.2 Å². The van der Waals surface area contributed by atoms with Crippen molar-refractivity contribution in [3.05, 3.63) is 24.0 Å². The Morgan fingerprint density at radius 2 is 1.88 bits per heavy atom. The van der Waals surface area contributed by atoms with Crippen LogP contribution >= 0.6 is 0 Å². The third-order valence-electron chi connectivity index (χ3n) is 3.15. The van der Waals surface area contributed by atoms with E-state index in [1.807, 2.05) is 34.6 Å². The molecule has 7 heteroatoms. The molecule has 0 radical (unpaired) electrons. The Labute approximate surface area is 143 Å². The van der Waals surface area contributed by atoms with Gasteiger partial charge in [-0.1, -0.05) is 0 Å². The maximum absolute atomic E-state index is 12.3. The second-order valence-corrected chi connectivity index (χ2v) is 7.20. The molecule has 0 unspecified atom stereocenters. The van der Waals surface area contributed by atoms with Crippen LogP contribution in [-0.2, 0) is 4.74 Å². The van der Waals surface area contributed by atoms with Crippen LogP contribution in [0.1, 0.15) is 51.5 Å². The van der Waals surface area contributed by atoms with Gasteiger partial charge in [0.05, 0.1) is 0 Å². The van der Waals surface area contributed by atoms with E-state index in [0.29, 0.717) is 18.7 Å². The van der Waals surface area contributed by atoms with Crippen molar-refractivity contribution in [1.82, 2.24) is 15.6 Å². The standard InChI is InChI=1S/C17H28N4O3/c1-16(2,3)24-15(23)20-10-8-17(4,5)21-14(22)13-11-12(18-6)7-9-19-13/h7,9,11H,8,10H2,1-6H3,(H,18,19)(H,20,23)(H,21,22). The van der Waals surface area contributed by atoms with Gasteiger partial charge in [0.25, 0.3) is 5.91 Å². The van der Waals surface area contributed by atoms with Gasteiger partial charge in [-0.2, -0.15) is 0 Å². The number of hydrogen-bond donors (Lipinski definition) is 3. The first kappa shape index (κ1) is 19.7. The number of nitrogens with one attached hydrogen (secondary N) is 3. The van der Waals surface area contributed by atoms with Crippen LogP contribution in [0.3, 0.4) is 0 Å². The van der Waals surface area contributed by atoms with Crippen LogP contribution in [-0.4, -0.2) is 41.7 Å². The number of hydrogen-bond acceptors (Lipinski definition) is 5. The minimum absolute atomic E-state index is 0.255. The first-order chi connectivity index (χ1) is 11.0. The lowest BCUT2D eigenvalue weighted by atomic mass is 10.0. The lowest BCUT2D eigenvalue weighted by Gasteiger charge is -2.27. The summed E-state index contributed by atoms with van der Waals surface area (Å²) in [7, 11) is 1.78. The zero-order valence-corrected chi connectivity index (χ0v) is 15.3. The molecule has 0 atom stereocenters. The van der Waals surface area contributed by atoms with E-state index in [2.05, 4.69) is 20.9 Å². The van der Waals surface area contributed by atoms with E-state index >= 15 is 0 Å². The summed E-state index contributed by atoms with van der Waals surface area (Å²) in [5.41, 5.74) is 0.135. The largest absolute Gasteiger partial charge is 0.444 e. The topological polar surface area (TPSA) is 92.4 Å². The molecule has 3 N–H and O–H groups in total. The number of aromatic nitrogens is 1. The van der Waals surface area contributed by atoms with Gasteiger partial charge in [-0.25, -0.2) is 4.79 Å². The van der Waals surface area contributed by atoms with E-state index in [1.54, 1.807) is 25.4 Å². The SMILES string of the molecule is CNc1ccnc(C(=O)NC(C)(C)CCNC(=O)OC(C)(C)C)c1. The minimum Gasteiger partial charge on any atom is -0.444 e. The maximum Gasteiger partial charge on any atom is 0.407 e. The van der Waals surface area contributed by atoms with E-state index in [-0.39, 0.29) is 5.91 Å². The summed E-state index contributed by atoms with van der Waals surface area (Å²) in [6.07, 6.45) is 1.68.